The lowest BCUT2D eigenvalue weighted by atomic mass is 9.77. The summed E-state index contributed by atoms with van der Waals surface area (Å²) in [6.07, 6.45) is 5.47. The zero-order valence-corrected chi connectivity index (χ0v) is 25.1. The van der Waals surface area contributed by atoms with Crippen LogP contribution in [0.25, 0.3) is 11.3 Å². The molecule has 0 radical (unpaired) electrons. The number of nitrogens with zero attached hydrogens (tertiary/aromatic N) is 5. The monoisotopic (exact) mass is 604 g/mol. The second-order valence-electron chi connectivity index (χ2n) is 11.4. The molecule has 2 aliphatic rings. The number of sulfonamides is 1. The van der Waals surface area contributed by atoms with Crippen LogP contribution in [0.1, 0.15) is 42.4 Å². The van der Waals surface area contributed by atoms with Gasteiger partial charge in [0.15, 0.2) is 0 Å². The Hall–Kier alpha value is -4.32. The van der Waals surface area contributed by atoms with Crippen molar-refractivity contribution in [3.8, 4) is 17.1 Å². The minimum Gasteiger partial charge on any atom is -0.470 e. The molecule has 1 amide bonds. The van der Waals surface area contributed by atoms with E-state index in [4.69, 9.17) is 4.74 Å². The van der Waals surface area contributed by atoms with Crippen molar-refractivity contribution in [1.82, 2.24) is 24.6 Å². The van der Waals surface area contributed by atoms with Gasteiger partial charge in [0, 0.05) is 24.9 Å². The van der Waals surface area contributed by atoms with Gasteiger partial charge < -0.3 is 9.64 Å². The van der Waals surface area contributed by atoms with Crippen LogP contribution in [-0.4, -0.2) is 58.2 Å². The molecule has 224 valence electrons. The third-order valence-corrected chi connectivity index (χ3v) is 9.61. The lowest BCUT2D eigenvalue weighted by Gasteiger charge is -2.43. The Morgan fingerprint density at radius 3 is 2.40 bits per heavy atom. The van der Waals surface area contributed by atoms with E-state index in [0.29, 0.717) is 31.6 Å². The predicted molar refractivity (Wildman–Crippen MR) is 159 cm³/mol. The van der Waals surface area contributed by atoms with E-state index >= 15 is 0 Å². The summed E-state index contributed by atoms with van der Waals surface area (Å²) in [5.74, 6) is -0.310. The normalized spacial score (nSPS) is 16.6. The fourth-order valence-corrected chi connectivity index (χ4v) is 7.06. The van der Waals surface area contributed by atoms with Gasteiger partial charge in [0.2, 0.25) is 17.7 Å². The zero-order chi connectivity index (χ0) is 30.4. The van der Waals surface area contributed by atoms with Gasteiger partial charge in [0.25, 0.3) is 10.0 Å². The number of halogens is 1. The van der Waals surface area contributed by atoms with Gasteiger partial charge in [0.05, 0.1) is 30.4 Å². The zero-order valence-electron chi connectivity index (χ0n) is 24.2. The molecule has 2 fully saturated rings. The molecule has 10 nitrogen and oxygen atoms in total. The van der Waals surface area contributed by atoms with Crippen LogP contribution in [0.15, 0.2) is 65.8 Å². The highest BCUT2D eigenvalue weighted by Gasteiger charge is 2.48. The molecular weight excluding hydrogens is 571 g/mol. The SMILES string of the molecule is Cc1cccc(C)c1-c1cc(OC2CN(C(=O)C3(c4cccc(F)c4)CCCC3)C2)nc(NS(=O)(=O)c2cnn(C)c2)n1. The lowest BCUT2D eigenvalue weighted by Crippen LogP contribution is -2.60. The van der Waals surface area contributed by atoms with Crippen LogP contribution in [0.5, 0.6) is 5.88 Å². The number of benzene rings is 2. The third-order valence-electron chi connectivity index (χ3n) is 8.32. The van der Waals surface area contributed by atoms with Crippen molar-refractivity contribution < 1.29 is 22.3 Å². The van der Waals surface area contributed by atoms with Gasteiger partial charge in [0.1, 0.15) is 16.8 Å². The smallest absolute Gasteiger partial charge is 0.267 e. The molecule has 1 N–H and O–H groups in total. The summed E-state index contributed by atoms with van der Waals surface area (Å²) in [6.45, 7) is 4.60. The fourth-order valence-electron chi connectivity index (χ4n) is 6.14. The van der Waals surface area contributed by atoms with Crippen molar-refractivity contribution in [3.05, 3.63) is 83.4 Å². The van der Waals surface area contributed by atoms with Crippen LogP contribution in [0, 0.1) is 19.7 Å². The third kappa shape index (κ3) is 5.58. The first kappa shape index (κ1) is 28.8. The molecule has 0 atom stereocenters. The maximum absolute atomic E-state index is 14.1. The highest BCUT2D eigenvalue weighted by Crippen LogP contribution is 2.44. The molecule has 0 spiro atoms. The van der Waals surface area contributed by atoms with Gasteiger partial charge >= 0.3 is 0 Å². The lowest BCUT2D eigenvalue weighted by molar-refractivity contribution is -0.146. The fraction of sp³-hybridized carbons (Fsp3) is 0.355. The van der Waals surface area contributed by atoms with Crippen molar-refractivity contribution in [2.45, 2.75) is 55.9 Å². The van der Waals surface area contributed by atoms with E-state index < -0.39 is 15.4 Å². The molecule has 1 saturated carbocycles. The highest BCUT2D eigenvalue weighted by atomic mass is 32.2. The van der Waals surface area contributed by atoms with Gasteiger partial charge in [-0.1, -0.05) is 43.2 Å². The number of rotatable bonds is 8. The molecule has 12 heteroatoms. The summed E-state index contributed by atoms with van der Waals surface area (Å²) in [5, 5.41) is 3.95. The van der Waals surface area contributed by atoms with E-state index in [1.807, 2.05) is 38.1 Å². The minimum atomic E-state index is -4.01. The van der Waals surface area contributed by atoms with Crippen molar-refractivity contribution >= 4 is 21.9 Å². The van der Waals surface area contributed by atoms with Crippen LogP contribution in [0.4, 0.5) is 10.3 Å². The number of amides is 1. The summed E-state index contributed by atoms with van der Waals surface area (Å²) < 4.78 is 50.3. The Morgan fingerprint density at radius 2 is 1.74 bits per heavy atom. The first-order valence-electron chi connectivity index (χ1n) is 14.2. The van der Waals surface area contributed by atoms with Crippen molar-refractivity contribution in [2.24, 2.45) is 7.05 Å². The number of nitrogens with one attached hydrogen (secondary N) is 1. The number of aryl methyl sites for hydroxylation is 3. The summed E-state index contributed by atoms with van der Waals surface area (Å²) in [5.41, 5.74) is 3.28. The number of hydrogen-bond acceptors (Lipinski definition) is 7. The van der Waals surface area contributed by atoms with E-state index in [9.17, 15) is 17.6 Å². The standard InChI is InChI=1S/C31H33FN6O4S/c1-20-8-6-9-21(2)28(20)26-15-27(35-30(34-26)36-43(40,41)25-16-33-37(3)19-25)42-24-17-38(18-24)29(39)31(12-4-5-13-31)22-10-7-11-23(32)14-22/h6-11,14-16,19,24H,4-5,12-13,17-18H2,1-3H3,(H,34,35,36). The Labute approximate surface area is 250 Å². The van der Waals surface area contributed by atoms with Gasteiger partial charge in [-0.3, -0.25) is 9.48 Å². The van der Waals surface area contributed by atoms with Crippen LogP contribution >= 0.6 is 0 Å². The summed E-state index contributed by atoms with van der Waals surface area (Å²) >= 11 is 0. The van der Waals surface area contributed by atoms with E-state index in [-0.39, 0.29) is 34.6 Å². The first-order valence-corrected chi connectivity index (χ1v) is 15.7. The van der Waals surface area contributed by atoms with Crippen molar-refractivity contribution in [2.75, 3.05) is 17.8 Å². The van der Waals surface area contributed by atoms with Crippen LogP contribution in [-0.2, 0) is 27.3 Å². The predicted octanol–water partition coefficient (Wildman–Crippen LogP) is 4.54. The molecular formula is C31H33FN6O4S. The number of ether oxygens (including phenoxy) is 1. The number of carbonyl (C=O) groups is 1. The average molecular weight is 605 g/mol. The summed E-state index contributed by atoms with van der Waals surface area (Å²) in [6, 6.07) is 13.9. The average Bonchev–Trinajstić information content (AvgIpc) is 3.61. The molecule has 4 aromatic rings. The van der Waals surface area contributed by atoms with Gasteiger partial charge in [-0.2, -0.15) is 10.1 Å². The highest BCUT2D eigenvalue weighted by molar-refractivity contribution is 7.92. The van der Waals surface area contributed by atoms with E-state index in [1.165, 1.54) is 29.2 Å². The van der Waals surface area contributed by atoms with E-state index in [0.717, 1.165) is 35.1 Å². The van der Waals surface area contributed by atoms with E-state index in [1.54, 1.807) is 24.1 Å². The molecule has 2 aromatic heterocycles. The molecule has 2 aromatic carbocycles. The van der Waals surface area contributed by atoms with E-state index in [2.05, 4.69) is 19.8 Å². The minimum absolute atomic E-state index is 0.0146. The number of anilines is 1. The molecule has 1 saturated heterocycles. The largest absolute Gasteiger partial charge is 0.470 e. The Balaban J connectivity index is 1.25. The number of aromatic nitrogens is 4. The van der Waals surface area contributed by atoms with Gasteiger partial charge in [-0.25, -0.2) is 22.5 Å². The second kappa shape index (κ2) is 11.1. The van der Waals surface area contributed by atoms with Crippen molar-refractivity contribution in [1.29, 1.82) is 0 Å². The number of likely N-dealkylation sites (tertiary alicyclic amines) is 1. The Bertz CT molecular complexity index is 1780. The molecule has 6 rings (SSSR count). The molecule has 0 unspecified atom stereocenters. The van der Waals surface area contributed by atoms with Gasteiger partial charge in [-0.05, 0) is 55.5 Å². The molecule has 43 heavy (non-hydrogen) atoms. The maximum atomic E-state index is 14.1. The Kier molecular flexibility index (Phi) is 7.41. The van der Waals surface area contributed by atoms with Gasteiger partial charge in [-0.15, -0.1) is 0 Å². The summed E-state index contributed by atoms with van der Waals surface area (Å²) in [7, 11) is -2.38. The molecule has 1 aliphatic carbocycles. The number of hydrogen-bond donors (Lipinski definition) is 1. The number of carbonyl (C=O) groups excluding carboxylic acids is 1. The van der Waals surface area contributed by atoms with Crippen LogP contribution in [0.3, 0.4) is 0 Å². The summed E-state index contributed by atoms with van der Waals surface area (Å²) in [4.78, 5) is 24.4. The second-order valence-corrected chi connectivity index (χ2v) is 13.1. The molecule has 0 bridgehead atoms. The maximum Gasteiger partial charge on any atom is 0.267 e. The Morgan fingerprint density at radius 1 is 1.05 bits per heavy atom. The van der Waals surface area contributed by atoms with Crippen molar-refractivity contribution in [3.63, 3.8) is 0 Å². The molecule has 1 aliphatic heterocycles. The van der Waals surface area contributed by atoms with Crippen LogP contribution < -0.4 is 9.46 Å². The first-order chi connectivity index (χ1) is 20.5. The molecule has 3 heterocycles. The topological polar surface area (TPSA) is 119 Å². The van der Waals surface area contributed by atoms with Crippen LogP contribution in [0.2, 0.25) is 0 Å². The quantitative estimate of drug-likeness (QED) is 0.314.